The van der Waals surface area contributed by atoms with Gasteiger partial charge in [0.15, 0.2) is 0 Å². The highest BCUT2D eigenvalue weighted by atomic mass is 16.5. The van der Waals surface area contributed by atoms with Crippen LogP contribution >= 0.6 is 0 Å². The summed E-state index contributed by atoms with van der Waals surface area (Å²) in [7, 11) is 0. The summed E-state index contributed by atoms with van der Waals surface area (Å²) in [6, 6.07) is 5.07. The SMILES string of the molecule is CC1(C)COCCN1c1ccc(C(=O)O)c(N)c1. The monoisotopic (exact) mass is 250 g/mol. The molecule has 1 heterocycles. The van der Waals surface area contributed by atoms with Crippen LogP contribution in [-0.4, -0.2) is 36.4 Å². The van der Waals surface area contributed by atoms with Gasteiger partial charge >= 0.3 is 5.97 Å². The fourth-order valence-corrected chi connectivity index (χ4v) is 2.25. The number of carboxylic acid groups (broad SMARTS) is 1. The van der Waals surface area contributed by atoms with E-state index >= 15 is 0 Å². The van der Waals surface area contributed by atoms with Crippen molar-refractivity contribution in [2.24, 2.45) is 0 Å². The molecule has 2 rings (SSSR count). The van der Waals surface area contributed by atoms with Crippen molar-refractivity contribution in [3.8, 4) is 0 Å². The van der Waals surface area contributed by atoms with E-state index < -0.39 is 5.97 Å². The number of ether oxygens (including phenoxy) is 1. The van der Waals surface area contributed by atoms with Crippen LogP contribution in [-0.2, 0) is 4.74 Å². The van der Waals surface area contributed by atoms with Crippen LogP contribution in [0.25, 0.3) is 0 Å². The molecule has 1 fully saturated rings. The molecule has 1 aromatic carbocycles. The molecule has 18 heavy (non-hydrogen) atoms. The number of hydrogen-bond donors (Lipinski definition) is 2. The third-order valence-electron chi connectivity index (χ3n) is 3.22. The van der Waals surface area contributed by atoms with E-state index in [0.29, 0.717) is 18.9 Å². The number of aromatic carboxylic acids is 1. The van der Waals surface area contributed by atoms with E-state index in [1.807, 2.05) is 0 Å². The van der Waals surface area contributed by atoms with Crippen molar-refractivity contribution in [3.05, 3.63) is 23.8 Å². The topological polar surface area (TPSA) is 75.8 Å². The fourth-order valence-electron chi connectivity index (χ4n) is 2.25. The average Bonchev–Trinajstić information content (AvgIpc) is 2.27. The van der Waals surface area contributed by atoms with Crippen molar-refractivity contribution in [2.45, 2.75) is 19.4 Å². The van der Waals surface area contributed by atoms with Gasteiger partial charge in [0.05, 0.1) is 24.3 Å². The van der Waals surface area contributed by atoms with E-state index in [1.165, 1.54) is 0 Å². The van der Waals surface area contributed by atoms with Crippen molar-refractivity contribution < 1.29 is 14.6 Å². The van der Waals surface area contributed by atoms with Crippen LogP contribution in [0.3, 0.4) is 0 Å². The van der Waals surface area contributed by atoms with Crippen LogP contribution in [0.1, 0.15) is 24.2 Å². The Morgan fingerprint density at radius 1 is 1.50 bits per heavy atom. The van der Waals surface area contributed by atoms with Crippen LogP contribution < -0.4 is 10.6 Å². The number of benzene rings is 1. The summed E-state index contributed by atoms with van der Waals surface area (Å²) >= 11 is 0. The van der Waals surface area contributed by atoms with Crippen molar-refractivity contribution >= 4 is 17.3 Å². The minimum Gasteiger partial charge on any atom is -0.478 e. The lowest BCUT2D eigenvalue weighted by Gasteiger charge is -2.44. The van der Waals surface area contributed by atoms with Gasteiger partial charge in [-0.25, -0.2) is 4.79 Å². The molecule has 0 aliphatic carbocycles. The second-order valence-corrected chi connectivity index (χ2v) is 5.09. The Morgan fingerprint density at radius 2 is 2.22 bits per heavy atom. The van der Waals surface area contributed by atoms with Crippen LogP contribution in [0.2, 0.25) is 0 Å². The zero-order chi connectivity index (χ0) is 13.3. The van der Waals surface area contributed by atoms with Crippen molar-refractivity contribution in [1.82, 2.24) is 0 Å². The van der Waals surface area contributed by atoms with Gasteiger partial charge in [0.2, 0.25) is 0 Å². The lowest BCUT2D eigenvalue weighted by atomic mass is 10.0. The smallest absolute Gasteiger partial charge is 0.337 e. The standard InChI is InChI=1S/C13H18N2O3/c1-13(2)8-18-6-5-15(13)9-3-4-10(12(16)17)11(14)7-9/h3-4,7H,5-6,8,14H2,1-2H3,(H,16,17). The lowest BCUT2D eigenvalue weighted by molar-refractivity contribution is 0.0644. The van der Waals surface area contributed by atoms with E-state index in [4.69, 9.17) is 15.6 Å². The molecule has 5 heteroatoms. The first-order valence-corrected chi connectivity index (χ1v) is 5.90. The number of rotatable bonds is 2. The quantitative estimate of drug-likeness (QED) is 0.779. The Kier molecular flexibility index (Phi) is 3.17. The molecule has 0 radical (unpaired) electrons. The molecule has 0 atom stereocenters. The van der Waals surface area contributed by atoms with Gasteiger partial charge in [-0.05, 0) is 32.0 Å². The first-order valence-electron chi connectivity index (χ1n) is 5.90. The van der Waals surface area contributed by atoms with Gasteiger partial charge in [-0.15, -0.1) is 0 Å². The fraction of sp³-hybridized carbons (Fsp3) is 0.462. The molecule has 1 aliphatic rings. The summed E-state index contributed by atoms with van der Waals surface area (Å²) < 4.78 is 5.46. The van der Waals surface area contributed by atoms with Gasteiger partial charge in [-0.2, -0.15) is 0 Å². The number of carbonyl (C=O) groups is 1. The molecule has 0 bridgehead atoms. The second kappa shape index (κ2) is 4.49. The summed E-state index contributed by atoms with van der Waals surface area (Å²) in [6.07, 6.45) is 0. The molecule has 0 unspecified atom stereocenters. The zero-order valence-corrected chi connectivity index (χ0v) is 10.6. The maximum Gasteiger partial charge on any atom is 0.337 e. The number of nitrogens with two attached hydrogens (primary N) is 1. The molecule has 0 saturated carbocycles. The number of carboxylic acids is 1. The Labute approximate surface area is 106 Å². The summed E-state index contributed by atoms with van der Waals surface area (Å²) in [5.74, 6) is -1.000. The predicted octanol–water partition coefficient (Wildman–Crippen LogP) is 1.58. The van der Waals surface area contributed by atoms with Gasteiger partial charge in [0, 0.05) is 17.9 Å². The number of nitrogens with zero attached hydrogens (tertiary/aromatic N) is 1. The van der Waals surface area contributed by atoms with Crippen LogP contribution in [0.4, 0.5) is 11.4 Å². The molecule has 1 aromatic rings. The second-order valence-electron chi connectivity index (χ2n) is 5.09. The van der Waals surface area contributed by atoms with Gasteiger partial charge in [0.25, 0.3) is 0 Å². The maximum atomic E-state index is 10.9. The van der Waals surface area contributed by atoms with Gasteiger partial charge < -0.3 is 20.5 Å². The lowest BCUT2D eigenvalue weighted by Crippen LogP contribution is -2.53. The van der Waals surface area contributed by atoms with Gasteiger partial charge in [0.1, 0.15) is 0 Å². The normalized spacial score (nSPS) is 18.7. The Morgan fingerprint density at radius 3 is 2.78 bits per heavy atom. The van der Waals surface area contributed by atoms with Crippen molar-refractivity contribution in [2.75, 3.05) is 30.4 Å². The third-order valence-corrected chi connectivity index (χ3v) is 3.22. The largest absolute Gasteiger partial charge is 0.478 e. The molecular formula is C13H18N2O3. The van der Waals surface area contributed by atoms with Gasteiger partial charge in [-0.3, -0.25) is 0 Å². The first-order chi connectivity index (χ1) is 8.42. The van der Waals surface area contributed by atoms with Crippen LogP contribution in [0.5, 0.6) is 0 Å². The van der Waals surface area contributed by atoms with Crippen LogP contribution in [0, 0.1) is 0 Å². The Hall–Kier alpha value is -1.75. The minimum absolute atomic E-state index is 0.116. The van der Waals surface area contributed by atoms with E-state index in [0.717, 1.165) is 12.2 Å². The number of nitrogen functional groups attached to an aromatic ring is 1. The number of morpholine rings is 1. The van der Waals surface area contributed by atoms with E-state index in [1.54, 1.807) is 18.2 Å². The molecule has 1 aliphatic heterocycles. The van der Waals surface area contributed by atoms with Crippen molar-refractivity contribution in [3.63, 3.8) is 0 Å². The molecule has 3 N–H and O–H groups in total. The summed E-state index contributed by atoms with van der Waals surface area (Å²) in [5, 5.41) is 8.96. The van der Waals surface area contributed by atoms with Crippen molar-refractivity contribution in [1.29, 1.82) is 0 Å². The highest BCUT2D eigenvalue weighted by Crippen LogP contribution is 2.29. The highest BCUT2D eigenvalue weighted by Gasteiger charge is 2.30. The van der Waals surface area contributed by atoms with E-state index in [9.17, 15) is 4.79 Å². The summed E-state index contributed by atoms with van der Waals surface area (Å²) in [6.45, 7) is 6.28. The number of hydrogen-bond acceptors (Lipinski definition) is 4. The first kappa shape index (κ1) is 12.7. The third kappa shape index (κ3) is 2.26. The molecular weight excluding hydrogens is 232 g/mol. The zero-order valence-electron chi connectivity index (χ0n) is 10.6. The van der Waals surface area contributed by atoms with E-state index in [2.05, 4.69) is 18.7 Å². The average molecular weight is 250 g/mol. The maximum absolute atomic E-state index is 10.9. The molecule has 0 amide bonds. The Bertz CT molecular complexity index is 471. The van der Waals surface area contributed by atoms with Gasteiger partial charge in [-0.1, -0.05) is 0 Å². The summed E-state index contributed by atoms with van der Waals surface area (Å²) in [4.78, 5) is 13.1. The summed E-state index contributed by atoms with van der Waals surface area (Å²) in [5.41, 5.74) is 7.04. The molecule has 0 spiro atoms. The Balaban J connectivity index is 2.34. The predicted molar refractivity (Wildman–Crippen MR) is 70.1 cm³/mol. The molecule has 1 saturated heterocycles. The minimum atomic E-state index is -1.000. The number of anilines is 2. The molecule has 5 nitrogen and oxygen atoms in total. The van der Waals surface area contributed by atoms with E-state index in [-0.39, 0.29) is 11.1 Å². The highest BCUT2D eigenvalue weighted by molar-refractivity contribution is 5.94. The molecule has 98 valence electrons. The van der Waals surface area contributed by atoms with Crippen LogP contribution in [0.15, 0.2) is 18.2 Å². The molecule has 0 aromatic heterocycles.